The van der Waals surface area contributed by atoms with Crippen molar-refractivity contribution < 1.29 is 60.8 Å². The Morgan fingerprint density at radius 2 is 1.00 bits per heavy atom. The molecule has 0 saturated heterocycles. The third-order valence-electron chi connectivity index (χ3n) is 0. The molecule has 0 aromatic heterocycles. The summed E-state index contributed by atoms with van der Waals surface area (Å²) >= 11 is 0. The number of rotatable bonds is 0. The van der Waals surface area contributed by atoms with Gasteiger partial charge in [-0.1, -0.05) is 0 Å². The Kier molecular flexibility index (Phi) is 19.0. The Bertz CT molecular complexity index is 120. The first kappa shape index (κ1) is 23.7. The molecule has 8 nitrogen and oxygen atoms in total. The molecule has 0 unspecified atom stereocenters. The average Bonchev–Trinajstić information content (AvgIpc) is 1.12. The van der Waals surface area contributed by atoms with Crippen LogP contribution < -0.4 is 0 Å². The average molecular weight is 302 g/mol. The van der Waals surface area contributed by atoms with Crippen molar-refractivity contribution in [1.29, 1.82) is 0 Å². The molecule has 0 aliphatic heterocycles. The van der Waals surface area contributed by atoms with Gasteiger partial charge in [0.05, 0.1) is 0 Å². The molecule has 12 heteroatoms. The molecule has 0 atom stereocenters. The van der Waals surface area contributed by atoms with Crippen molar-refractivity contribution in [1.82, 2.24) is 0 Å². The smallest absolute Gasteiger partial charge is 1.00 e. The van der Waals surface area contributed by atoms with Gasteiger partial charge in [0, 0.05) is 19.5 Å². The summed E-state index contributed by atoms with van der Waals surface area (Å²) in [7, 11) is -9.25. The zero-order valence-electron chi connectivity index (χ0n) is 7.90. The van der Waals surface area contributed by atoms with Crippen molar-refractivity contribution in [3.05, 3.63) is 0 Å². The van der Waals surface area contributed by atoms with Gasteiger partial charge in [-0.25, -0.2) is 4.57 Å². The SMILES string of the molecule is O=P(O)(O)O.O[Si](O)(O)O.[Ca+2].[H-].[H-].[Zn]. The molecule has 0 saturated carbocycles. The van der Waals surface area contributed by atoms with E-state index in [-0.39, 0.29) is 60.1 Å². The van der Waals surface area contributed by atoms with Gasteiger partial charge in [0.2, 0.25) is 0 Å². The first-order chi connectivity index (χ1) is 4.00. The van der Waals surface area contributed by atoms with Gasteiger partial charge >= 0.3 is 54.6 Å². The van der Waals surface area contributed by atoms with Gasteiger partial charge in [0.15, 0.2) is 0 Å². The zero-order chi connectivity index (χ0) is 9.00. The fraction of sp³-hybridized carbons (Fsp3) is 0. The van der Waals surface area contributed by atoms with E-state index in [0.717, 1.165) is 0 Å². The van der Waals surface area contributed by atoms with Crippen LogP contribution in [0, 0.1) is 0 Å². The predicted octanol–water partition coefficient (Wildman–Crippen LogP) is -3.70. The van der Waals surface area contributed by atoms with Crippen LogP contribution in [-0.4, -0.2) is 80.6 Å². The van der Waals surface area contributed by atoms with Crippen LogP contribution >= 0.6 is 7.82 Å². The molecule has 0 aromatic carbocycles. The van der Waals surface area contributed by atoms with Crippen LogP contribution in [0.25, 0.3) is 0 Å². The van der Waals surface area contributed by atoms with E-state index in [1.807, 2.05) is 0 Å². The predicted molar refractivity (Wildman–Crippen MR) is 36.9 cm³/mol. The van der Waals surface area contributed by atoms with Crippen molar-refractivity contribution in [3.63, 3.8) is 0 Å². The van der Waals surface area contributed by atoms with E-state index in [0.29, 0.717) is 0 Å². The third-order valence-corrected chi connectivity index (χ3v) is 0. The maximum atomic E-state index is 8.88. The number of hydrogen-bond acceptors (Lipinski definition) is 5. The number of phosphoric acid groups is 1. The molecular weight excluding hydrogens is 293 g/mol. The molecule has 0 aliphatic carbocycles. The van der Waals surface area contributed by atoms with Crippen molar-refractivity contribution in [2.45, 2.75) is 0 Å². The van der Waals surface area contributed by atoms with E-state index in [9.17, 15) is 0 Å². The Balaban J connectivity index is -0.0000000178. The quantitative estimate of drug-likeness (QED) is 0.178. The number of hydrogen-bond donors (Lipinski definition) is 7. The fourth-order valence-corrected chi connectivity index (χ4v) is 0. The van der Waals surface area contributed by atoms with Crippen LogP contribution in [0.4, 0.5) is 0 Å². The summed E-state index contributed by atoms with van der Waals surface area (Å²) in [6, 6.07) is 0. The third kappa shape index (κ3) is 350. The topological polar surface area (TPSA) is 159 Å². The van der Waals surface area contributed by atoms with Crippen molar-refractivity contribution in [3.8, 4) is 0 Å². The van der Waals surface area contributed by atoms with Crippen molar-refractivity contribution in [2.24, 2.45) is 0 Å². The summed E-state index contributed by atoms with van der Waals surface area (Å²) in [5.74, 6) is 0. The van der Waals surface area contributed by atoms with E-state index in [4.69, 9.17) is 38.4 Å². The largest absolute Gasteiger partial charge is 2.00 e. The van der Waals surface area contributed by atoms with Crippen LogP contribution in [-0.2, 0) is 24.0 Å². The van der Waals surface area contributed by atoms with E-state index in [1.165, 1.54) is 0 Å². The molecule has 0 aromatic rings. The minimum Gasteiger partial charge on any atom is -1.00 e. The Hall–Kier alpha value is 2.05. The Morgan fingerprint density at radius 1 is 1.00 bits per heavy atom. The van der Waals surface area contributed by atoms with Crippen LogP contribution in [0.2, 0.25) is 0 Å². The summed E-state index contributed by atoms with van der Waals surface area (Å²) < 4.78 is 8.88. The Morgan fingerprint density at radius 3 is 1.00 bits per heavy atom. The monoisotopic (exact) mass is 300 g/mol. The molecule has 0 amide bonds. The van der Waals surface area contributed by atoms with Gasteiger partial charge in [-0.3, -0.25) is 0 Å². The molecule has 0 heterocycles. The van der Waals surface area contributed by atoms with E-state index in [2.05, 4.69) is 0 Å². The summed E-state index contributed by atoms with van der Waals surface area (Å²) in [6.45, 7) is 0. The van der Waals surface area contributed by atoms with Crippen LogP contribution in [0.5, 0.6) is 0 Å². The van der Waals surface area contributed by atoms with Gasteiger partial charge < -0.3 is 36.7 Å². The Labute approximate surface area is 114 Å². The molecule has 0 rings (SSSR count). The second-order valence-corrected chi connectivity index (χ2v) is 3.34. The van der Waals surface area contributed by atoms with Gasteiger partial charge in [-0.15, -0.1) is 0 Å². The van der Waals surface area contributed by atoms with Gasteiger partial charge in [0.25, 0.3) is 0 Å². The molecular formula is H9CaO8PSiZn. The molecule has 0 fully saturated rings. The first-order valence-corrected chi connectivity index (χ1v) is 5.03. The minimum atomic E-state index is -4.64. The van der Waals surface area contributed by atoms with Gasteiger partial charge in [-0.05, 0) is 0 Å². The zero-order valence-corrected chi connectivity index (χ0v) is 13.0. The fourth-order valence-electron chi connectivity index (χ4n) is 0. The van der Waals surface area contributed by atoms with Gasteiger partial charge in [0.1, 0.15) is 0 Å². The second kappa shape index (κ2) is 9.60. The summed E-state index contributed by atoms with van der Waals surface area (Å²) in [5.41, 5.74) is 0. The molecule has 0 spiro atoms. The van der Waals surface area contributed by atoms with Crippen LogP contribution in [0.3, 0.4) is 0 Å². The van der Waals surface area contributed by atoms with Crippen LogP contribution in [0.15, 0.2) is 0 Å². The standard InChI is InChI=1S/Ca.H3O4P.H4O4Si.Zn.2H/c;2*1-5(2,3)4;;;/h;(H3,1,2,3,4);1-4H;;;/q+2;;;;2*-1. The molecule has 7 N–H and O–H groups in total. The van der Waals surface area contributed by atoms with E-state index >= 15 is 0 Å². The van der Waals surface area contributed by atoms with Gasteiger partial charge in [-0.2, -0.15) is 0 Å². The normalized spacial score (nSPS) is 9.92. The molecule has 0 radical (unpaired) electrons. The molecule has 70 valence electrons. The van der Waals surface area contributed by atoms with E-state index in [1.54, 1.807) is 0 Å². The summed E-state index contributed by atoms with van der Waals surface area (Å²) in [4.78, 5) is 50.9. The maximum Gasteiger partial charge on any atom is 2.00 e. The molecule has 0 bridgehead atoms. The van der Waals surface area contributed by atoms with Crippen molar-refractivity contribution >= 4 is 54.6 Å². The minimum absolute atomic E-state index is 0. The first-order valence-electron chi connectivity index (χ1n) is 1.68. The van der Waals surface area contributed by atoms with Crippen molar-refractivity contribution in [2.75, 3.05) is 0 Å². The second-order valence-electron chi connectivity index (χ2n) is 1.11. The maximum absolute atomic E-state index is 8.88. The van der Waals surface area contributed by atoms with Crippen LogP contribution in [0.1, 0.15) is 2.85 Å². The summed E-state index contributed by atoms with van der Waals surface area (Å²) in [5, 5.41) is 0. The molecule has 0 aliphatic rings. The summed E-state index contributed by atoms with van der Waals surface area (Å²) in [6.07, 6.45) is 0. The van der Waals surface area contributed by atoms with E-state index < -0.39 is 16.9 Å². The molecule has 12 heavy (non-hydrogen) atoms.